The first-order chi connectivity index (χ1) is 15.1. The van der Waals surface area contributed by atoms with Gasteiger partial charge < -0.3 is 8.98 Å². The highest BCUT2D eigenvalue weighted by Gasteiger charge is 2.28. The van der Waals surface area contributed by atoms with Gasteiger partial charge in [-0.25, -0.2) is 0 Å². The summed E-state index contributed by atoms with van der Waals surface area (Å²) in [5, 5.41) is 9.53. The average Bonchev–Trinajstić information content (AvgIpc) is 3.19. The van der Waals surface area contributed by atoms with Crippen LogP contribution >= 0.6 is 11.8 Å². The van der Waals surface area contributed by atoms with Crippen LogP contribution in [0.4, 0.5) is 0 Å². The maximum atomic E-state index is 13.0. The largest absolute Gasteiger partial charge is 0.467 e. The number of Topliss-reactive ketones (excluding diaryl/α,β-unsaturated/α-hetero) is 1. The number of carbonyl (C=O) groups excluding carboxylic acids is 1. The number of thioether (sulfide) groups is 1. The molecular weight excluding hydrogens is 408 g/mol. The van der Waals surface area contributed by atoms with Gasteiger partial charge in [0, 0.05) is 28.6 Å². The van der Waals surface area contributed by atoms with Crippen LogP contribution < -0.4 is 0 Å². The lowest BCUT2D eigenvalue weighted by atomic mass is 10.2. The molecule has 0 bridgehead atoms. The minimum absolute atomic E-state index is 0.124. The van der Waals surface area contributed by atoms with E-state index in [1.54, 1.807) is 6.26 Å². The highest BCUT2D eigenvalue weighted by atomic mass is 32.2. The van der Waals surface area contributed by atoms with Gasteiger partial charge >= 0.3 is 0 Å². The number of aryl methyl sites for hydroxylation is 1. The Balaban J connectivity index is 1.39. The summed E-state index contributed by atoms with van der Waals surface area (Å²) in [7, 11) is 0. The third kappa shape index (κ3) is 3.97. The van der Waals surface area contributed by atoms with E-state index in [1.807, 2.05) is 53.1 Å². The van der Waals surface area contributed by atoms with E-state index in [-0.39, 0.29) is 5.78 Å². The third-order valence-corrected chi connectivity index (χ3v) is 6.64. The number of nitrogens with zero attached hydrogens (tertiary/aromatic N) is 4. The molecular formula is C24H24N4O2S. The molecule has 1 fully saturated rings. The van der Waals surface area contributed by atoms with Crippen LogP contribution in [-0.4, -0.2) is 30.9 Å². The monoisotopic (exact) mass is 432 g/mol. The number of hydrogen-bond donors (Lipinski definition) is 0. The first-order valence-electron chi connectivity index (χ1n) is 10.5. The Bertz CT molecular complexity index is 1200. The molecule has 3 aromatic heterocycles. The number of benzene rings is 1. The molecule has 6 nitrogen and oxygen atoms in total. The fourth-order valence-electron chi connectivity index (χ4n) is 4.06. The highest BCUT2D eigenvalue weighted by Crippen LogP contribution is 2.38. The van der Waals surface area contributed by atoms with E-state index in [4.69, 9.17) is 4.42 Å². The Morgan fingerprint density at radius 3 is 2.65 bits per heavy atom. The summed E-state index contributed by atoms with van der Waals surface area (Å²) in [4.78, 5) is 13.0. The van der Waals surface area contributed by atoms with Crippen molar-refractivity contribution in [2.45, 2.75) is 44.4 Å². The predicted molar refractivity (Wildman–Crippen MR) is 120 cm³/mol. The zero-order valence-corrected chi connectivity index (χ0v) is 18.4. The molecule has 0 atom stereocenters. The second-order valence-electron chi connectivity index (χ2n) is 7.94. The van der Waals surface area contributed by atoms with Gasteiger partial charge in [-0.1, -0.05) is 42.1 Å². The van der Waals surface area contributed by atoms with Crippen molar-refractivity contribution in [1.29, 1.82) is 0 Å². The number of carbonyl (C=O) groups is 1. The smallest absolute Gasteiger partial charge is 0.192 e. The Kier molecular flexibility index (Phi) is 5.28. The summed E-state index contributed by atoms with van der Waals surface area (Å²) >= 11 is 1.42. The summed E-state index contributed by atoms with van der Waals surface area (Å²) in [6, 6.07) is 16.3. The first kappa shape index (κ1) is 19.9. The predicted octanol–water partition coefficient (Wildman–Crippen LogP) is 5.31. The second-order valence-corrected chi connectivity index (χ2v) is 8.88. The van der Waals surface area contributed by atoms with Crippen molar-refractivity contribution in [3.05, 3.63) is 77.5 Å². The van der Waals surface area contributed by atoms with Crippen LogP contribution in [0.1, 0.15) is 46.4 Å². The van der Waals surface area contributed by atoms with Crippen LogP contribution in [0.3, 0.4) is 0 Å². The first-order valence-corrected chi connectivity index (χ1v) is 11.5. The number of hydrogen-bond acceptors (Lipinski definition) is 5. The molecule has 0 radical (unpaired) electrons. The van der Waals surface area contributed by atoms with E-state index in [1.165, 1.54) is 30.3 Å². The lowest BCUT2D eigenvalue weighted by molar-refractivity contribution is 0.102. The quantitative estimate of drug-likeness (QED) is 0.279. The molecule has 3 heterocycles. The van der Waals surface area contributed by atoms with Crippen LogP contribution in [-0.2, 0) is 6.54 Å². The lowest BCUT2D eigenvalue weighted by Gasteiger charge is -2.09. The third-order valence-electron chi connectivity index (χ3n) is 5.67. The molecule has 1 aliphatic carbocycles. The van der Waals surface area contributed by atoms with Gasteiger partial charge in [-0.2, -0.15) is 0 Å². The van der Waals surface area contributed by atoms with Gasteiger partial charge in [0.15, 0.2) is 16.8 Å². The molecule has 0 amide bonds. The molecule has 0 spiro atoms. The number of aromatic nitrogens is 4. The molecule has 4 aromatic rings. The minimum Gasteiger partial charge on any atom is -0.467 e. The summed E-state index contributed by atoms with van der Waals surface area (Å²) in [6.07, 6.45) is 4.07. The number of furan rings is 1. The maximum Gasteiger partial charge on any atom is 0.192 e. The van der Waals surface area contributed by atoms with Gasteiger partial charge in [0.1, 0.15) is 5.76 Å². The van der Waals surface area contributed by atoms with Gasteiger partial charge in [0.25, 0.3) is 0 Å². The van der Waals surface area contributed by atoms with E-state index < -0.39 is 0 Å². The minimum atomic E-state index is 0.124. The van der Waals surface area contributed by atoms with Crippen molar-refractivity contribution in [2.24, 2.45) is 0 Å². The fraction of sp³-hybridized carbons (Fsp3) is 0.292. The van der Waals surface area contributed by atoms with E-state index in [0.29, 0.717) is 23.5 Å². The summed E-state index contributed by atoms with van der Waals surface area (Å²) in [6.45, 7) is 4.65. The molecule has 31 heavy (non-hydrogen) atoms. The van der Waals surface area contributed by atoms with E-state index in [9.17, 15) is 4.79 Å². The van der Waals surface area contributed by atoms with E-state index in [0.717, 1.165) is 28.4 Å². The number of ketones is 1. The van der Waals surface area contributed by atoms with Crippen LogP contribution in [0, 0.1) is 13.8 Å². The molecule has 1 saturated carbocycles. The average molecular weight is 433 g/mol. The Morgan fingerprint density at radius 1 is 1.13 bits per heavy atom. The summed E-state index contributed by atoms with van der Waals surface area (Å²) < 4.78 is 9.88. The fourth-order valence-corrected chi connectivity index (χ4v) is 4.88. The van der Waals surface area contributed by atoms with Crippen LogP contribution in [0.5, 0.6) is 0 Å². The van der Waals surface area contributed by atoms with E-state index >= 15 is 0 Å². The van der Waals surface area contributed by atoms with Crippen LogP contribution in [0.15, 0.2) is 64.4 Å². The molecule has 0 aliphatic heterocycles. The topological polar surface area (TPSA) is 65.8 Å². The molecule has 1 aromatic carbocycles. The lowest BCUT2D eigenvalue weighted by Crippen LogP contribution is -2.08. The molecule has 0 N–H and O–H groups in total. The molecule has 7 heteroatoms. The van der Waals surface area contributed by atoms with E-state index in [2.05, 4.69) is 28.6 Å². The van der Waals surface area contributed by atoms with Gasteiger partial charge in [0.2, 0.25) is 0 Å². The van der Waals surface area contributed by atoms with Gasteiger partial charge in [-0.05, 0) is 44.9 Å². The van der Waals surface area contributed by atoms with Crippen molar-refractivity contribution in [1.82, 2.24) is 19.3 Å². The Morgan fingerprint density at radius 2 is 1.94 bits per heavy atom. The zero-order valence-electron chi connectivity index (χ0n) is 17.6. The van der Waals surface area contributed by atoms with Crippen molar-refractivity contribution in [2.75, 3.05) is 5.75 Å². The zero-order chi connectivity index (χ0) is 21.4. The normalized spacial score (nSPS) is 13.6. The number of rotatable bonds is 8. The van der Waals surface area contributed by atoms with Crippen LogP contribution in [0.2, 0.25) is 0 Å². The maximum absolute atomic E-state index is 13.0. The Labute approximate surface area is 185 Å². The van der Waals surface area contributed by atoms with Crippen molar-refractivity contribution in [3.8, 4) is 11.4 Å². The second kappa shape index (κ2) is 8.23. The summed E-state index contributed by atoms with van der Waals surface area (Å²) in [5.41, 5.74) is 4.04. The van der Waals surface area contributed by atoms with Crippen molar-refractivity contribution in [3.63, 3.8) is 0 Å². The molecule has 158 valence electrons. The summed E-state index contributed by atoms with van der Waals surface area (Å²) in [5.74, 6) is 2.02. The Hall–Kier alpha value is -3.06. The standard InChI is InChI=1S/C24H24N4O2S/c1-16-13-21(17(2)28(16)19-10-11-19)22(29)15-31-24-26-25-23(18-7-4-3-5-8-18)27(24)14-20-9-6-12-30-20/h3-9,12-13,19H,10-11,14-15H2,1-2H3. The van der Waals surface area contributed by atoms with Gasteiger partial charge in [0.05, 0.1) is 18.6 Å². The molecule has 5 rings (SSSR count). The molecule has 0 unspecified atom stereocenters. The van der Waals surface area contributed by atoms with Crippen molar-refractivity contribution >= 4 is 17.5 Å². The molecule has 0 saturated heterocycles. The van der Waals surface area contributed by atoms with Gasteiger partial charge in [-0.15, -0.1) is 10.2 Å². The highest BCUT2D eigenvalue weighted by molar-refractivity contribution is 7.99. The van der Waals surface area contributed by atoms with Crippen molar-refractivity contribution < 1.29 is 9.21 Å². The van der Waals surface area contributed by atoms with Gasteiger partial charge in [-0.3, -0.25) is 9.36 Å². The SMILES string of the molecule is Cc1cc(C(=O)CSc2nnc(-c3ccccc3)n2Cc2ccco2)c(C)n1C1CC1. The molecule has 1 aliphatic rings. The van der Waals surface area contributed by atoms with Crippen LogP contribution in [0.25, 0.3) is 11.4 Å².